The van der Waals surface area contributed by atoms with Crippen molar-refractivity contribution in [3.63, 3.8) is 0 Å². The van der Waals surface area contributed by atoms with Crippen LogP contribution in [-0.2, 0) is 10.1 Å². The summed E-state index contributed by atoms with van der Waals surface area (Å²) in [7, 11) is 3.15. The van der Waals surface area contributed by atoms with Crippen molar-refractivity contribution in [1.82, 2.24) is 0 Å². The van der Waals surface area contributed by atoms with Crippen LogP contribution < -0.4 is 15.1 Å². The summed E-state index contributed by atoms with van der Waals surface area (Å²) in [5.41, 5.74) is 5.54. The van der Waals surface area contributed by atoms with Crippen LogP contribution in [-0.4, -0.2) is 52.6 Å². The smallest absolute Gasteiger partial charge is 0.124 e. The van der Waals surface area contributed by atoms with Crippen LogP contribution in [0.2, 0.25) is 0 Å². The van der Waals surface area contributed by atoms with Crippen LogP contribution in [0.25, 0.3) is 0 Å². The number of hydrogen-bond donors (Lipinski definition) is 2. The summed E-state index contributed by atoms with van der Waals surface area (Å²) in [6.07, 6.45) is 1.70. The molecule has 0 saturated carbocycles. The molecule has 0 unspecified atom stereocenters. The number of benzene rings is 3. The molecule has 1 aliphatic carbocycles. The number of fused-ring (bicyclic) bond motifs is 1. The third kappa shape index (κ3) is 5.26. The maximum absolute atomic E-state index is 11.7. The predicted octanol–water partition coefficient (Wildman–Crippen LogP) is 4.22. The molecule has 1 aliphatic rings. The number of anilines is 3. The highest BCUT2D eigenvalue weighted by Gasteiger charge is 2.23. The summed E-state index contributed by atoms with van der Waals surface area (Å²) < 4.78 is 35.0. The van der Waals surface area contributed by atoms with Crippen LogP contribution in [0.1, 0.15) is 11.1 Å². The van der Waals surface area contributed by atoms with Crippen molar-refractivity contribution >= 4 is 44.3 Å². The second kappa shape index (κ2) is 9.36. The van der Waals surface area contributed by atoms with E-state index >= 15 is 0 Å². The van der Waals surface area contributed by atoms with Crippen LogP contribution in [0.4, 0.5) is 22.7 Å². The fourth-order valence-corrected chi connectivity index (χ4v) is 4.19. The Balaban J connectivity index is 1.79. The molecule has 0 bridgehead atoms. The third-order valence-electron chi connectivity index (χ3n) is 5.65. The van der Waals surface area contributed by atoms with Gasteiger partial charge in [0.1, 0.15) is 10.1 Å². The van der Waals surface area contributed by atoms with E-state index in [1.165, 1.54) is 18.2 Å². The van der Waals surface area contributed by atoms with E-state index in [4.69, 9.17) is 10.4 Å². The second-order valence-electron chi connectivity index (χ2n) is 8.57. The molecule has 3 aromatic carbocycles. The van der Waals surface area contributed by atoms with Crippen molar-refractivity contribution in [2.75, 3.05) is 43.3 Å². The van der Waals surface area contributed by atoms with E-state index in [9.17, 15) is 13.0 Å². The van der Waals surface area contributed by atoms with E-state index in [-0.39, 0.29) is 10.6 Å². The topological polar surface area (TPSA) is 112 Å². The lowest BCUT2D eigenvalue weighted by Crippen LogP contribution is -2.22. The second-order valence-corrected chi connectivity index (χ2v) is 9.95. The highest BCUT2D eigenvalue weighted by molar-refractivity contribution is 7.85. The number of aliphatic imine (C=N–C) groups is 1. The molecular weight excluding hydrogens is 462 g/mol. The van der Waals surface area contributed by atoms with E-state index in [1.807, 2.05) is 86.5 Å². The van der Waals surface area contributed by atoms with E-state index in [0.29, 0.717) is 28.2 Å². The zero-order valence-electron chi connectivity index (χ0n) is 19.9. The molecule has 0 radical (unpaired) electrons. The van der Waals surface area contributed by atoms with E-state index in [0.717, 1.165) is 17.1 Å². The van der Waals surface area contributed by atoms with Gasteiger partial charge in [0.2, 0.25) is 0 Å². The van der Waals surface area contributed by atoms with E-state index in [1.54, 1.807) is 6.08 Å². The molecule has 0 saturated heterocycles. The monoisotopic (exact) mass is 488 g/mol. The molecule has 0 spiro atoms. The molecular formula is C26H26N5O3S-. The highest BCUT2D eigenvalue weighted by atomic mass is 32.2. The van der Waals surface area contributed by atoms with Gasteiger partial charge in [-0.15, -0.1) is 0 Å². The Morgan fingerprint density at radius 1 is 0.829 bits per heavy atom. The molecule has 0 aliphatic heterocycles. The largest absolute Gasteiger partial charge is 0.744 e. The van der Waals surface area contributed by atoms with Crippen molar-refractivity contribution in [2.45, 2.75) is 4.90 Å². The summed E-state index contributed by atoms with van der Waals surface area (Å²) in [4.78, 5) is 8.34. The van der Waals surface area contributed by atoms with Crippen LogP contribution in [0.3, 0.4) is 0 Å². The van der Waals surface area contributed by atoms with Crippen molar-refractivity contribution in [2.24, 2.45) is 4.99 Å². The summed E-state index contributed by atoms with van der Waals surface area (Å²) in [5, 5.41) is 12.0. The average Bonchev–Trinajstić information content (AvgIpc) is 2.82. The quantitative estimate of drug-likeness (QED) is 0.503. The molecule has 0 fully saturated rings. The van der Waals surface area contributed by atoms with Gasteiger partial charge >= 0.3 is 0 Å². The number of nitrogens with one attached hydrogen (secondary N) is 2. The maximum atomic E-state index is 11.7. The summed E-state index contributed by atoms with van der Waals surface area (Å²) in [6, 6.07) is 19.4. The maximum Gasteiger partial charge on any atom is 0.124 e. The molecule has 2 N–H and O–H groups in total. The Morgan fingerprint density at radius 3 is 1.94 bits per heavy atom. The lowest BCUT2D eigenvalue weighted by molar-refractivity contribution is 0.463. The molecule has 4 rings (SSSR count). The SMILES string of the molecule is CN(C)c1ccc(N=C2C=C(Nc3ccc(N(C)C)cc3)C(=N)c3ccc(S(=O)(=O)[O-])cc32)cc1. The minimum atomic E-state index is -4.66. The molecule has 3 aromatic rings. The lowest BCUT2D eigenvalue weighted by atomic mass is 9.91. The van der Waals surface area contributed by atoms with Gasteiger partial charge in [-0.1, -0.05) is 6.07 Å². The van der Waals surface area contributed by atoms with Gasteiger partial charge in [0, 0.05) is 56.4 Å². The van der Waals surface area contributed by atoms with Gasteiger partial charge in [-0.2, -0.15) is 0 Å². The molecule has 0 amide bonds. The van der Waals surface area contributed by atoms with Crippen molar-refractivity contribution in [1.29, 1.82) is 5.41 Å². The van der Waals surface area contributed by atoms with Gasteiger partial charge in [0.05, 0.1) is 27.7 Å². The predicted molar refractivity (Wildman–Crippen MR) is 141 cm³/mol. The number of allylic oxidation sites excluding steroid dienone is 2. The minimum absolute atomic E-state index is 0.174. The average molecular weight is 489 g/mol. The van der Waals surface area contributed by atoms with Crippen LogP contribution in [0.15, 0.2) is 88.4 Å². The first-order valence-corrected chi connectivity index (χ1v) is 12.3. The van der Waals surface area contributed by atoms with Crippen molar-refractivity contribution in [3.8, 4) is 0 Å². The lowest BCUT2D eigenvalue weighted by Gasteiger charge is -2.22. The first-order valence-electron chi connectivity index (χ1n) is 10.8. The number of hydrogen-bond acceptors (Lipinski definition) is 8. The summed E-state index contributed by atoms with van der Waals surface area (Å²) in [5.74, 6) is 0. The molecule has 0 heterocycles. The van der Waals surface area contributed by atoms with Crippen LogP contribution in [0.5, 0.6) is 0 Å². The standard InChI is InChI=1S/C26H27N5O3S/c1-30(2)19-9-5-17(6-10-19)28-24-16-25(29-18-7-11-20(12-8-18)31(3)4)26(27)22-14-13-21(15-23(22)24)35(32,33)34/h5-16,27,29H,1-4H3,(H,32,33,34)/p-1. The normalized spacial score (nSPS) is 14.4. The van der Waals surface area contributed by atoms with Crippen LogP contribution in [0, 0.1) is 5.41 Å². The Kier molecular flexibility index (Phi) is 6.47. The minimum Gasteiger partial charge on any atom is -0.744 e. The van der Waals surface area contributed by atoms with E-state index < -0.39 is 10.1 Å². The van der Waals surface area contributed by atoms with Crippen LogP contribution >= 0.6 is 0 Å². The molecule has 180 valence electrons. The molecule has 9 heteroatoms. The molecule has 0 atom stereocenters. The Bertz CT molecular complexity index is 1440. The fourth-order valence-electron chi connectivity index (χ4n) is 3.69. The summed E-state index contributed by atoms with van der Waals surface area (Å²) >= 11 is 0. The van der Waals surface area contributed by atoms with Crippen molar-refractivity contribution < 1.29 is 13.0 Å². The zero-order valence-corrected chi connectivity index (χ0v) is 20.7. The highest BCUT2D eigenvalue weighted by Crippen LogP contribution is 2.28. The van der Waals surface area contributed by atoms with Gasteiger partial charge in [0.15, 0.2) is 0 Å². The van der Waals surface area contributed by atoms with Gasteiger partial charge in [-0.05, 0) is 66.7 Å². The summed E-state index contributed by atoms with van der Waals surface area (Å²) in [6.45, 7) is 0. The van der Waals surface area contributed by atoms with Crippen molar-refractivity contribution in [3.05, 3.63) is 89.6 Å². The van der Waals surface area contributed by atoms with Gasteiger partial charge < -0.3 is 19.7 Å². The number of nitrogens with zero attached hydrogens (tertiary/aromatic N) is 3. The van der Waals surface area contributed by atoms with E-state index in [2.05, 4.69) is 5.32 Å². The fraction of sp³-hybridized carbons (Fsp3) is 0.154. The Labute approximate surface area is 205 Å². The zero-order chi connectivity index (χ0) is 25.3. The first kappa shape index (κ1) is 24.2. The molecule has 35 heavy (non-hydrogen) atoms. The Morgan fingerprint density at radius 2 is 1.40 bits per heavy atom. The van der Waals surface area contributed by atoms with Gasteiger partial charge in [0.25, 0.3) is 0 Å². The van der Waals surface area contributed by atoms with Gasteiger partial charge in [-0.25, -0.2) is 13.4 Å². The number of rotatable bonds is 6. The van der Waals surface area contributed by atoms with Gasteiger partial charge in [-0.3, -0.25) is 5.41 Å². The molecule has 0 aromatic heterocycles. The molecule has 8 nitrogen and oxygen atoms in total. The third-order valence-corrected chi connectivity index (χ3v) is 6.49. The Hall–Kier alpha value is -3.95. The first-order chi connectivity index (χ1) is 16.5.